The van der Waals surface area contributed by atoms with E-state index >= 15 is 0 Å². The molecule has 0 radical (unpaired) electrons. The number of piperidine rings is 1. The van der Waals surface area contributed by atoms with E-state index in [0.29, 0.717) is 6.42 Å². The van der Waals surface area contributed by atoms with Crippen molar-refractivity contribution >= 4 is 34.2 Å². The van der Waals surface area contributed by atoms with Crippen LogP contribution < -0.4 is 10.6 Å². The molecular formula is C16H24BrClN2O. The van der Waals surface area contributed by atoms with Crippen molar-refractivity contribution in [3.05, 3.63) is 34.3 Å². The van der Waals surface area contributed by atoms with Crippen LogP contribution in [-0.2, 0) is 11.2 Å². The number of hydrogen-bond acceptors (Lipinski definition) is 2. The van der Waals surface area contributed by atoms with Gasteiger partial charge in [0.25, 0.3) is 0 Å². The standard InChI is InChI=1S/C16H23BrN2O.ClH/c17-15-6-3-13(4-7-15)5-8-16(20)19-11-9-14-2-1-10-18-12-14;/h3-4,6-7,14,18H,1-2,5,8-12H2,(H,19,20);1H. The van der Waals surface area contributed by atoms with Gasteiger partial charge in [-0.3, -0.25) is 4.79 Å². The van der Waals surface area contributed by atoms with Crippen molar-refractivity contribution in [3.63, 3.8) is 0 Å². The van der Waals surface area contributed by atoms with E-state index in [9.17, 15) is 4.79 Å². The van der Waals surface area contributed by atoms with Gasteiger partial charge < -0.3 is 10.6 Å². The third kappa shape index (κ3) is 7.30. The Bertz CT molecular complexity index is 419. The van der Waals surface area contributed by atoms with E-state index < -0.39 is 0 Å². The fourth-order valence-electron chi connectivity index (χ4n) is 2.58. The zero-order valence-electron chi connectivity index (χ0n) is 12.2. The first-order valence-corrected chi connectivity index (χ1v) is 8.25. The second kappa shape index (κ2) is 10.2. The normalized spacial score (nSPS) is 17.9. The summed E-state index contributed by atoms with van der Waals surface area (Å²) >= 11 is 3.41. The molecule has 1 atom stereocenters. The summed E-state index contributed by atoms with van der Waals surface area (Å²) in [6.45, 7) is 3.07. The summed E-state index contributed by atoms with van der Waals surface area (Å²) in [6, 6.07) is 8.16. The minimum absolute atomic E-state index is 0. The Morgan fingerprint density at radius 1 is 1.33 bits per heavy atom. The van der Waals surface area contributed by atoms with Crippen LogP contribution in [0.15, 0.2) is 28.7 Å². The minimum atomic E-state index is 0. The summed E-state index contributed by atoms with van der Waals surface area (Å²) < 4.78 is 1.08. The average Bonchev–Trinajstić information content (AvgIpc) is 2.48. The molecule has 3 nitrogen and oxygen atoms in total. The molecule has 0 bridgehead atoms. The summed E-state index contributed by atoms with van der Waals surface area (Å²) in [7, 11) is 0. The van der Waals surface area contributed by atoms with Crippen molar-refractivity contribution in [2.24, 2.45) is 5.92 Å². The van der Waals surface area contributed by atoms with E-state index in [1.54, 1.807) is 0 Å². The van der Waals surface area contributed by atoms with Gasteiger partial charge in [0.15, 0.2) is 0 Å². The Morgan fingerprint density at radius 2 is 2.10 bits per heavy atom. The molecule has 0 aliphatic carbocycles. The molecule has 5 heteroatoms. The Labute approximate surface area is 141 Å². The zero-order chi connectivity index (χ0) is 14.2. The Balaban J connectivity index is 0.00000220. The van der Waals surface area contributed by atoms with E-state index in [0.717, 1.165) is 42.9 Å². The number of hydrogen-bond donors (Lipinski definition) is 2. The summed E-state index contributed by atoms with van der Waals surface area (Å²) in [5.41, 5.74) is 1.21. The van der Waals surface area contributed by atoms with E-state index in [2.05, 4.69) is 38.7 Å². The second-order valence-electron chi connectivity index (χ2n) is 5.48. The van der Waals surface area contributed by atoms with Crippen LogP contribution in [0, 0.1) is 5.92 Å². The van der Waals surface area contributed by atoms with E-state index in [4.69, 9.17) is 0 Å². The molecule has 118 valence electrons. The quantitative estimate of drug-likeness (QED) is 0.801. The third-order valence-corrected chi connectivity index (χ3v) is 4.36. The lowest BCUT2D eigenvalue weighted by molar-refractivity contribution is -0.121. The monoisotopic (exact) mass is 374 g/mol. The summed E-state index contributed by atoms with van der Waals surface area (Å²) in [6.07, 6.45) is 5.04. The van der Waals surface area contributed by atoms with Crippen LogP contribution in [-0.4, -0.2) is 25.5 Å². The molecule has 1 amide bonds. The van der Waals surface area contributed by atoms with Gasteiger partial charge in [0.2, 0.25) is 5.91 Å². The largest absolute Gasteiger partial charge is 0.356 e. The zero-order valence-corrected chi connectivity index (χ0v) is 14.6. The second-order valence-corrected chi connectivity index (χ2v) is 6.39. The molecular weight excluding hydrogens is 352 g/mol. The van der Waals surface area contributed by atoms with Gasteiger partial charge in [-0.25, -0.2) is 0 Å². The molecule has 1 aliphatic heterocycles. The highest BCUT2D eigenvalue weighted by Gasteiger charge is 2.12. The van der Waals surface area contributed by atoms with Crippen LogP contribution in [0.3, 0.4) is 0 Å². The number of rotatable bonds is 6. The molecule has 1 saturated heterocycles. The molecule has 1 aromatic carbocycles. The maximum Gasteiger partial charge on any atom is 0.220 e. The highest BCUT2D eigenvalue weighted by atomic mass is 79.9. The molecule has 0 spiro atoms. The maximum atomic E-state index is 11.8. The van der Waals surface area contributed by atoms with Gasteiger partial charge >= 0.3 is 0 Å². The molecule has 1 aliphatic rings. The highest BCUT2D eigenvalue weighted by molar-refractivity contribution is 9.10. The van der Waals surface area contributed by atoms with Gasteiger partial charge in [-0.15, -0.1) is 12.4 Å². The van der Waals surface area contributed by atoms with Crippen LogP contribution in [0.2, 0.25) is 0 Å². The predicted molar refractivity (Wildman–Crippen MR) is 92.9 cm³/mol. The van der Waals surface area contributed by atoms with E-state index in [1.165, 1.54) is 18.4 Å². The first-order chi connectivity index (χ1) is 9.74. The number of carbonyl (C=O) groups excluding carboxylic acids is 1. The first-order valence-electron chi connectivity index (χ1n) is 7.46. The van der Waals surface area contributed by atoms with Crippen LogP contribution in [0.5, 0.6) is 0 Å². The van der Waals surface area contributed by atoms with Gasteiger partial charge in [0, 0.05) is 17.4 Å². The lowest BCUT2D eigenvalue weighted by Crippen LogP contribution is -2.33. The predicted octanol–water partition coefficient (Wildman–Crippen LogP) is 3.31. The van der Waals surface area contributed by atoms with Crippen LogP contribution in [0.25, 0.3) is 0 Å². The SMILES string of the molecule is Cl.O=C(CCc1ccc(Br)cc1)NCCC1CCCNC1. The number of halogens is 2. The molecule has 2 N–H and O–H groups in total. The van der Waals surface area contributed by atoms with Crippen molar-refractivity contribution < 1.29 is 4.79 Å². The van der Waals surface area contributed by atoms with Crippen LogP contribution >= 0.6 is 28.3 Å². The first kappa shape index (κ1) is 18.5. The topological polar surface area (TPSA) is 41.1 Å². The number of benzene rings is 1. The van der Waals surface area contributed by atoms with Gasteiger partial charge in [-0.2, -0.15) is 0 Å². The van der Waals surface area contributed by atoms with Crippen molar-refractivity contribution in [2.75, 3.05) is 19.6 Å². The fourth-order valence-corrected chi connectivity index (χ4v) is 2.85. The lowest BCUT2D eigenvalue weighted by Gasteiger charge is -2.22. The van der Waals surface area contributed by atoms with Crippen molar-refractivity contribution in [1.29, 1.82) is 0 Å². The molecule has 2 rings (SSSR count). The van der Waals surface area contributed by atoms with Crippen LogP contribution in [0.1, 0.15) is 31.2 Å². The molecule has 1 aromatic rings. The Morgan fingerprint density at radius 3 is 2.76 bits per heavy atom. The van der Waals surface area contributed by atoms with Gasteiger partial charge in [0.05, 0.1) is 0 Å². The van der Waals surface area contributed by atoms with Crippen molar-refractivity contribution in [1.82, 2.24) is 10.6 Å². The van der Waals surface area contributed by atoms with Crippen molar-refractivity contribution in [3.8, 4) is 0 Å². The molecule has 0 saturated carbocycles. The van der Waals surface area contributed by atoms with E-state index in [1.807, 2.05) is 12.1 Å². The Hall–Kier alpha value is -0.580. The summed E-state index contributed by atoms with van der Waals surface area (Å²) in [5.74, 6) is 0.896. The fraction of sp³-hybridized carbons (Fsp3) is 0.562. The van der Waals surface area contributed by atoms with Gasteiger partial charge in [0.1, 0.15) is 0 Å². The minimum Gasteiger partial charge on any atom is -0.356 e. The third-order valence-electron chi connectivity index (χ3n) is 3.83. The number of amides is 1. The smallest absolute Gasteiger partial charge is 0.220 e. The van der Waals surface area contributed by atoms with Crippen LogP contribution in [0.4, 0.5) is 0 Å². The molecule has 1 fully saturated rings. The lowest BCUT2D eigenvalue weighted by atomic mass is 9.96. The van der Waals surface area contributed by atoms with Gasteiger partial charge in [-0.05, 0) is 62.4 Å². The van der Waals surface area contributed by atoms with E-state index in [-0.39, 0.29) is 18.3 Å². The molecule has 21 heavy (non-hydrogen) atoms. The highest BCUT2D eigenvalue weighted by Crippen LogP contribution is 2.13. The summed E-state index contributed by atoms with van der Waals surface area (Å²) in [4.78, 5) is 11.8. The molecule has 1 unspecified atom stereocenters. The number of aryl methyl sites for hydroxylation is 1. The molecule has 0 aromatic heterocycles. The Kier molecular flexibility index (Phi) is 8.97. The maximum absolute atomic E-state index is 11.8. The number of nitrogens with one attached hydrogen (secondary N) is 2. The van der Waals surface area contributed by atoms with Crippen molar-refractivity contribution in [2.45, 2.75) is 32.1 Å². The molecule has 1 heterocycles. The number of carbonyl (C=O) groups is 1. The summed E-state index contributed by atoms with van der Waals surface area (Å²) in [5, 5.41) is 6.44. The van der Waals surface area contributed by atoms with Gasteiger partial charge in [-0.1, -0.05) is 28.1 Å². The average molecular weight is 376 g/mol.